The summed E-state index contributed by atoms with van der Waals surface area (Å²) in [6, 6.07) is 6.16. The van der Waals surface area contributed by atoms with Crippen molar-refractivity contribution in [1.29, 1.82) is 0 Å². The first-order valence-corrected chi connectivity index (χ1v) is 5.67. The molecule has 1 rings (SSSR count). The van der Waals surface area contributed by atoms with Gasteiger partial charge in [0.1, 0.15) is 5.82 Å². The minimum atomic E-state index is -0.726. The number of nitrogens with one attached hydrogen (secondary N) is 2. The summed E-state index contributed by atoms with van der Waals surface area (Å²) in [6.07, 6.45) is 0. The average molecular weight is 275 g/mol. The summed E-state index contributed by atoms with van der Waals surface area (Å²) < 4.78 is 13.1. The van der Waals surface area contributed by atoms with Crippen molar-refractivity contribution in [3.63, 3.8) is 0 Å². The molecule has 0 bridgehead atoms. The van der Waals surface area contributed by atoms with Crippen molar-refractivity contribution >= 4 is 18.3 Å². The van der Waals surface area contributed by atoms with E-state index in [1.165, 1.54) is 12.1 Å². The molecular formula is C13H20ClFN2O. The van der Waals surface area contributed by atoms with Crippen LogP contribution in [-0.4, -0.2) is 26.0 Å². The van der Waals surface area contributed by atoms with Gasteiger partial charge in [-0.05, 0) is 38.6 Å². The quantitative estimate of drug-likeness (QED) is 0.805. The van der Waals surface area contributed by atoms with Crippen LogP contribution in [0.4, 0.5) is 4.39 Å². The molecule has 102 valence electrons. The molecule has 0 unspecified atom stereocenters. The minimum absolute atomic E-state index is 0. The molecule has 3 nitrogen and oxygen atoms in total. The van der Waals surface area contributed by atoms with E-state index in [1.54, 1.807) is 26.0 Å². The third-order valence-corrected chi connectivity index (χ3v) is 2.77. The number of carbonyl (C=O) groups excluding carboxylic acids is 1. The second-order valence-corrected chi connectivity index (χ2v) is 4.49. The summed E-state index contributed by atoms with van der Waals surface area (Å²) in [6.45, 7) is 4.85. The number of carbonyl (C=O) groups is 1. The maximum absolute atomic E-state index is 13.1. The summed E-state index contributed by atoms with van der Waals surface area (Å²) in [5.41, 5.74) is -0.0463. The van der Waals surface area contributed by atoms with E-state index in [-0.39, 0.29) is 24.1 Å². The van der Waals surface area contributed by atoms with Crippen molar-refractivity contribution < 1.29 is 9.18 Å². The van der Waals surface area contributed by atoms with Crippen LogP contribution in [0.25, 0.3) is 0 Å². The molecule has 0 fully saturated rings. The highest BCUT2D eigenvalue weighted by Gasteiger charge is 2.29. The molecule has 0 spiro atoms. The highest BCUT2D eigenvalue weighted by molar-refractivity contribution is 5.87. The van der Waals surface area contributed by atoms with Crippen molar-refractivity contribution in [3.05, 3.63) is 35.6 Å². The first-order chi connectivity index (χ1) is 7.98. The lowest BCUT2D eigenvalue weighted by Crippen LogP contribution is -2.42. The minimum Gasteiger partial charge on any atom is -0.354 e. The van der Waals surface area contributed by atoms with Gasteiger partial charge < -0.3 is 10.6 Å². The topological polar surface area (TPSA) is 41.1 Å². The van der Waals surface area contributed by atoms with E-state index in [4.69, 9.17) is 0 Å². The largest absolute Gasteiger partial charge is 0.354 e. The van der Waals surface area contributed by atoms with Gasteiger partial charge in [0.2, 0.25) is 5.91 Å². The number of amides is 1. The molecular weight excluding hydrogens is 255 g/mol. The summed E-state index contributed by atoms with van der Waals surface area (Å²) in [7, 11) is 1.82. The third kappa shape index (κ3) is 4.27. The summed E-state index contributed by atoms with van der Waals surface area (Å²) in [5.74, 6) is -0.419. The first kappa shape index (κ1) is 16.9. The Morgan fingerprint density at radius 2 is 2.00 bits per heavy atom. The Labute approximate surface area is 114 Å². The van der Waals surface area contributed by atoms with Crippen LogP contribution in [0.2, 0.25) is 0 Å². The Kier molecular flexibility index (Phi) is 6.88. The number of benzene rings is 1. The fourth-order valence-corrected chi connectivity index (χ4v) is 1.53. The highest BCUT2D eigenvalue weighted by atomic mass is 35.5. The Morgan fingerprint density at radius 1 is 1.33 bits per heavy atom. The molecule has 0 aliphatic rings. The number of rotatable bonds is 5. The Bertz CT molecular complexity index is 396. The molecule has 0 radical (unpaired) electrons. The van der Waals surface area contributed by atoms with Crippen molar-refractivity contribution in [1.82, 2.24) is 10.6 Å². The number of halogens is 2. The van der Waals surface area contributed by atoms with Crippen molar-refractivity contribution in [3.8, 4) is 0 Å². The van der Waals surface area contributed by atoms with Gasteiger partial charge in [0.05, 0.1) is 5.41 Å². The lowest BCUT2D eigenvalue weighted by Gasteiger charge is -2.24. The molecule has 1 aromatic carbocycles. The van der Waals surface area contributed by atoms with Gasteiger partial charge >= 0.3 is 0 Å². The monoisotopic (exact) mass is 274 g/mol. The van der Waals surface area contributed by atoms with E-state index in [9.17, 15) is 9.18 Å². The Hall–Kier alpha value is -1.13. The van der Waals surface area contributed by atoms with Gasteiger partial charge in [0.15, 0.2) is 0 Å². The van der Waals surface area contributed by atoms with Crippen LogP contribution in [0.1, 0.15) is 19.4 Å². The summed E-state index contributed by atoms with van der Waals surface area (Å²) in [5, 5.41) is 5.77. The molecule has 2 N–H and O–H groups in total. The molecule has 0 saturated carbocycles. The zero-order valence-electron chi connectivity index (χ0n) is 10.9. The predicted molar refractivity (Wildman–Crippen MR) is 73.6 cm³/mol. The number of likely N-dealkylation sites (N-methyl/N-ethyl adjacent to an activating group) is 1. The van der Waals surface area contributed by atoms with E-state index < -0.39 is 5.41 Å². The summed E-state index contributed by atoms with van der Waals surface area (Å²) in [4.78, 5) is 12.0. The normalized spacial score (nSPS) is 10.7. The van der Waals surface area contributed by atoms with E-state index in [0.717, 1.165) is 0 Å². The predicted octanol–water partition coefficient (Wildman–Crippen LogP) is 1.86. The molecule has 0 saturated heterocycles. The number of hydrogen-bond donors (Lipinski definition) is 2. The first-order valence-electron chi connectivity index (χ1n) is 5.67. The fraction of sp³-hybridized carbons (Fsp3) is 0.462. The SMILES string of the molecule is CNCCNC(=O)C(C)(C)c1cccc(F)c1.Cl. The molecule has 0 atom stereocenters. The van der Waals surface area contributed by atoms with Crippen LogP contribution >= 0.6 is 12.4 Å². The van der Waals surface area contributed by atoms with E-state index in [0.29, 0.717) is 18.7 Å². The standard InChI is InChI=1S/C13H19FN2O.ClH/c1-13(2,12(17)16-8-7-15-3)10-5-4-6-11(14)9-10;/h4-6,9,15H,7-8H2,1-3H3,(H,16,17);1H. The highest BCUT2D eigenvalue weighted by Crippen LogP contribution is 2.23. The Morgan fingerprint density at radius 3 is 2.56 bits per heavy atom. The smallest absolute Gasteiger partial charge is 0.230 e. The zero-order chi connectivity index (χ0) is 12.9. The molecule has 18 heavy (non-hydrogen) atoms. The van der Waals surface area contributed by atoms with Crippen LogP contribution in [-0.2, 0) is 10.2 Å². The van der Waals surface area contributed by atoms with Gasteiger partial charge in [-0.2, -0.15) is 0 Å². The number of hydrogen-bond acceptors (Lipinski definition) is 2. The Balaban J connectivity index is 0.00000289. The fourth-order valence-electron chi connectivity index (χ4n) is 1.53. The molecule has 1 aromatic rings. The molecule has 0 heterocycles. The zero-order valence-corrected chi connectivity index (χ0v) is 11.7. The van der Waals surface area contributed by atoms with Gasteiger partial charge in [-0.3, -0.25) is 4.79 Å². The van der Waals surface area contributed by atoms with Crippen LogP contribution in [0.5, 0.6) is 0 Å². The molecule has 0 aromatic heterocycles. The second kappa shape index (κ2) is 7.34. The van der Waals surface area contributed by atoms with Crippen LogP contribution < -0.4 is 10.6 Å². The molecule has 0 aliphatic carbocycles. The maximum Gasteiger partial charge on any atom is 0.230 e. The lowest BCUT2D eigenvalue weighted by molar-refractivity contribution is -0.125. The third-order valence-electron chi connectivity index (χ3n) is 2.77. The van der Waals surface area contributed by atoms with Gasteiger partial charge in [-0.1, -0.05) is 12.1 Å². The van der Waals surface area contributed by atoms with Crippen LogP contribution in [0.3, 0.4) is 0 Å². The van der Waals surface area contributed by atoms with Crippen molar-refractivity contribution in [2.75, 3.05) is 20.1 Å². The van der Waals surface area contributed by atoms with Crippen molar-refractivity contribution in [2.24, 2.45) is 0 Å². The molecule has 5 heteroatoms. The van der Waals surface area contributed by atoms with Gasteiger partial charge in [0.25, 0.3) is 0 Å². The molecule has 0 aliphatic heterocycles. The van der Waals surface area contributed by atoms with E-state index in [2.05, 4.69) is 10.6 Å². The van der Waals surface area contributed by atoms with Crippen LogP contribution in [0, 0.1) is 5.82 Å². The van der Waals surface area contributed by atoms with Gasteiger partial charge in [-0.25, -0.2) is 4.39 Å². The van der Waals surface area contributed by atoms with E-state index >= 15 is 0 Å². The van der Waals surface area contributed by atoms with E-state index in [1.807, 2.05) is 7.05 Å². The maximum atomic E-state index is 13.1. The van der Waals surface area contributed by atoms with Crippen LogP contribution in [0.15, 0.2) is 24.3 Å². The van der Waals surface area contributed by atoms with Crippen molar-refractivity contribution in [2.45, 2.75) is 19.3 Å². The average Bonchev–Trinajstić information content (AvgIpc) is 2.29. The van der Waals surface area contributed by atoms with Gasteiger partial charge in [-0.15, -0.1) is 12.4 Å². The second-order valence-electron chi connectivity index (χ2n) is 4.49. The van der Waals surface area contributed by atoms with Gasteiger partial charge in [0, 0.05) is 13.1 Å². The summed E-state index contributed by atoms with van der Waals surface area (Å²) >= 11 is 0. The lowest BCUT2D eigenvalue weighted by atomic mass is 9.83. The molecule has 1 amide bonds.